The first-order valence-electron chi connectivity index (χ1n) is 9.64. The van der Waals surface area contributed by atoms with Crippen LogP contribution in [0.4, 0.5) is 5.69 Å². The average molecular weight is 432 g/mol. The Morgan fingerprint density at radius 2 is 1.57 bits per heavy atom. The molecule has 30 heavy (non-hydrogen) atoms. The lowest BCUT2D eigenvalue weighted by Gasteiger charge is -2.22. The molecule has 2 amide bonds. The van der Waals surface area contributed by atoms with Crippen LogP contribution in [0.15, 0.2) is 54.6 Å². The maximum atomic E-state index is 12.8. The van der Waals surface area contributed by atoms with Gasteiger partial charge in [0.2, 0.25) is 10.0 Å². The van der Waals surface area contributed by atoms with Gasteiger partial charge in [-0.1, -0.05) is 18.2 Å². The first-order chi connectivity index (χ1) is 14.3. The van der Waals surface area contributed by atoms with E-state index in [0.717, 1.165) is 6.26 Å². The summed E-state index contributed by atoms with van der Waals surface area (Å²) in [6, 6.07) is 15.5. The molecule has 0 spiro atoms. The van der Waals surface area contributed by atoms with Gasteiger partial charge in [-0.15, -0.1) is 0 Å². The van der Waals surface area contributed by atoms with Crippen LogP contribution in [0, 0.1) is 0 Å². The fourth-order valence-electron chi connectivity index (χ4n) is 3.20. The molecule has 1 aliphatic heterocycles. The van der Waals surface area contributed by atoms with Gasteiger partial charge < -0.3 is 14.5 Å². The maximum Gasteiger partial charge on any atom is 0.260 e. The molecular formula is C21H25N3O5S. The number of benzene rings is 2. The minimum absolute atomic E-state index is 0.0350. The third kappa shape index (κ3) is 6.21. The van der Waals surface area contributed by atoms with Crippen molar-refractivity contribution in [1.29, 1.82) is 0 Å². The Morgan fingerprint density at radius 1 is 0.933 bits per heavy atom. The maximum absolute atomic E-state index is 12.8. The van der Waals surface area contributed by atoms with Crippen LogP contribution < -0.4 is 9.46 Å². The van der Waals surface area contributed by atoms with Gasteiger partial charge in [-0.3, -0.25) is 14.3 Å². The SMILES string of the molecule is CS(=O)(=O)Nc1ccc(C(=O)N2CCCN(C(=O)COc3ccccc3)CC2)cc1. The van der Waals surface area contributed by atoms with Gasteiger partial charge in [0.05, 0.1) is 6.26 Å². The van der Waals surface area contributed by atoms with Crippen molar-refractivity contribution in [3.05, 3.63) is 60.2 Å². The molecule has 8 nitrogen and oxygen atoms in total. The van der Waals surface area contributed by atoms with Crippen molar-refractivity contribution in [3.63, 3.8) is 0 Å². The predicted octanol–water partition coefficient (Wildman–Crippen LogP) is 1.81. The van der Waals surface area contributed by atoms with Gasteiger partial charge in [-0.2, -0.15) is 0 Å². The molecule has 1 aliphatic rings. The van der Waals surface area contributed by atoms with Gasteiger partial charge in [-0.05, 0) is 42.8 Å². The van der Waals surface area contributed by atoms with Crippen LogP contribution in [0.3, 0.4) is 0 Å². The van der Waals surface area contributed by atoms with Gasteiger partial charge in [0.25, 0.3) is 11.8 Å². The highest BCUT2D eigenvalue weighted by Crippen LogP contribution is 2.15. The molecule has 0 atom stereocenters. The quantitative estimate of drug-likeness (QED) is 0.753. The average Bonchev–Trinajstić information content (AvgIpc) is 2.98. The van der Waals surface area contributed by atoms with E-state index >= 15 is 0 Å². The number of para-hydroxylation sites is 1. The third-order valence-electron chi connectivity index (χ3n) is 4.68. The number of carbonyl (C=O) groups is 2. The van der Waals surface area contributed by atoms with Crippen LogP contribution >= 0.6 is 0 Å². The Labute approximate surface area is 176 Å². The molecule has 2 aromatic rings. The number of amides is 2. The zero-order valence-corrected chi connectivity index (χ0v) is 17.6. The Balaban J connectivity index is 1.54. The normalized spacial score (nSPS) is 14.7. The summed E-state index contributed by atoms with van der Waals surface area (Å²) in [6.45, 7) is 1.95. The molecule has 9 heteroatoms. The van der Waals surface area contributed by atoms with Crippen LogP contribution in [-0.4, -0.2) is 69.1 Å². The van der Waals surface area contributed by atoms with Crippen LogP contribution in [0.25, 0.3) is 0 Å². The standard InChI is InChI=1S/C21H25N3O5S/c1-30(27,28)22-18-10-8-17(9-11-18)21(26)24-13-5-12-23(14-15-24)20(25)16-29-19-6-3-2-4-7-19/h2-4,6-11,22H,5,12-16H2,1H3. The van der Waals surface area contributed by atoms with Crippen molar-refractivity contribution in [2.24, 2.45) is 0 Å². The fraction of sp³-hybridized carbons (Fsp3) is 0.333. The van der Waals surface area contributed by atoms with Crippen LogP contribution in [0.2, 0.25) is 0 Å². The zero-order valence-electron chi connectivity index (χ0n) is 16.8. The first kappa shape index (κ1) is 21.6. The van der Waals surface area contributed by atoms with Gasteiger partial charge in [0, 0.05) is 37.4 Å². The molecule has 2 aromatic carbocycles. The summed E-state index contributed by atoms with van der Waals surface area (Å²) < 4.78 is 30.5. The summed E-state index contributed by atoms with van der Waals surface area (Å²) in [4.78, 5) is 28.7. The van der Waals surface area contributed by atoms with Crippen LogP contribution in [-0.2, 0) is 14.8 Å². The molecule has 1 heterocycles. The highest BCUT2D eigenvalue weighted by atomic mass is 32.2. The molecule has 3 rings (SSSR count). The zero-order chi connectivity index (χ0) is 21.6. The molecule has 1 saturated heterocycles. The molecular weight excluding hydrogens is 406 g/mol. The number of nitrogens with one attached hydrogen (secondary N) is 1. The summed E-state index contributed by atoms with van der Waals surface area (Å²) in [6.07, 6.45) is 1.75. The molecule has 0 bridgehead atoms. The topological polar surface area (TPSA) is 96.0 Å². The van der Waals surface area contributed by atoms with E-state index in [0.29, 0.717) is 49.6 Å². The lowest BCUT2D eigenvalue weighted by Crippen LogP contribution is -2.39. The smallest absolute Gasteiger partial charge is 0.260 e. The number of ether oxygens (including phenoxy) is 1. The highest BCUT2D eigenvalue weighted by molar-refractivity contribution is 7.92. The minimum Gasteiger partial charge on any atom is -0.484 e. The summed E-state index contributed by atoms with van der Waals surface area (Å²) in [7, 11) is -3.37. The Morgan fingerprint density at radius 3 is 2.23 bits per heavy atom. The van der Waals surface area contributed by atoms with Crippen molar-refractivity contribution in [3.8, 4) is 5.75 Å². The van der Waals surface area contributed by atoms with E-state index < -0.39 is 10.0 Å². The Bertz CT molecular complexity index is 977. The molecule has 1 N–H and O–H groups in total. The largest absolute Gasteiger partial charge is 0.484 e. The van der Waals surface area contributed by atoms with E-state index in [1.807, 2.05) is 18.2 Å². The van der Waals surface area contributed by atoms with Gasteiger partial charge >= 0.3 is 0 Å². The highest BCUT2D eigenvalue weighted by Gasteiger charge is 2.23. The van der Waals surface area contributed by atoms with E-state index in [2.05, 4.69) is 4.72 Å². The van der Waals surface area contributed by atoms with E-state index in [9.17, 15) is 18.0 Å². The lowest BCUT2D eigenvalue weighted by atomic mass is 10.2. The summed E-state index contributed by atoms with van der Waals surface area (Å²) in [5, 5.41) is 0. The number of hydrogen-bond donors (Lipinski definition) is 1. The molecule has 0 aromatic heterocycles. The third-order valence-corrected chi connectivity index (χ3v) is 5.28. The number of anilines is 1. The first-order valence-corrected chi connectivity index (χ1v) is 11.5. The van der Waals surface area contributed by atoms with Crippen molar-refractivity contribution in [1.82, 2.24) is 9.80 Å². The number of carbonyl (C=O) groups excluding carboxylic acids is 2. The Kier molecular flexibility index (Phi) is 6.94. The van der Waals surface area contributed by atoms with Gasteiger partial charge in [0.15, 0.2) is 6.61 Å². The van der Waals surface area contributed by atoms with Gasteiger partial charge in [-0.25, -0.2) is 8.42 Å². The van der Waals surface area contributed by atoms with Crippen LogP contribution in [0.1, 0.15) is 16.8 Å². The summed E-state index contributed by atoms with van der Waals surface area (Å²) in [5.41, 5.74) is 0.876. The molecule has 160 valence electrons. The molecule has 1 fully saturated rings. The molecule has 0 unspecified atom stereocenters. The molecule has 0 radical (unpaired) electrons. The van der Waals surface area contributed by atoms with Crippen LogP contribution in [0.5, 0.6) is 5.75 Å². The van der Waals surface area contributed by atoms with Gasteiger partial charge in [0.1, 0.15) is 5.75 Å². The number of hydrogen-bond acceptors (Lipinski definition) is 5. The number of rotatable bonds is 6. The van der Waals surface area contributed by atoms with Crippen molar-refractivity contribution < 1.29 is 22.7 Å². The van der Waals surface area contributed by atoms with E-state index in [1.54, 1.807) is 46.2 Å². The number of nitrogens with zero attached hydrogens (tertiary/aromatic N) is 2. The van der Waals surface area contributed by atoms with E-state index in [4.69, 9.17) is 4.74 Å². The molecule has 0 saturated carbocycles. The Hall–Kier alpha value is -3.07. The fourth-order valence-corrected chi connectivity index (χ4v) is 3.76. The van der Waals surface area contributed by atoms with E-state index in [-0.39, 0.29) is 18.4 Å². The van der Waals surface area contributed by atoms with Crippen molar-refractivity contribution in [2.45, 2.75) is 6.42 Å². The van der Waals surface area contributed by atoms with Crippen molar-refractivity contribution >= 4 is 27.5 Å². The second-order valence-electron chi connectivity index (χ2n) is 7.08. The second-order valence-corrected chi connectivity index (χ2v) is 8.83. The predicted molar refractivity (Wildman–Crippen MR) is 114 cm³/mol. The van der Waals surface area contributed by atoms with E-state index in [1.165, 1.54) is 0 Å². The number of sulfonamides is 1. The minimum atomic E-state index is -3.37. The van der Waals surface area contributed by atoms with Crippen molar-refractivity contribution in [2.75, 3.05) is 43.8 Å². The summed E-state index contributed by atoms with van der Waals surface area (Å²) >= 11 is 0. The summed E-state index contributed by atoms with van der Waals surface area (Å²) in [5.74, 6) is 0.395. The second kappa shape index (κ2) is 9.62. The molecule has 0 aliphatic carbocycles. The monoisotopic (exact) mass is 431 g/mol. The lowest BCUT2D eigenvalue weighted by molar-refractivity contribution is -0.133.